The van der Waals surface area contributed by atoms with Crippen molar-refractivity contribution < 1.29 is 14.3 Å². The molecule has 1 aromatic heterocycles. The molecule has 98 valence electrons. The van der Waals surface area contributed by atoms with Gasteiger partial charge in [-0.15, -0.1) is 0 Å². The summed E-state index contributed by atoms with van der Waals surface area (Å²) in [5.74, 6) is -0.426. The average molecular weight is 250 g/mol. The molecule has 0 aromatic carbocycles. The highest BCUT2D eigenvalue weighted by Gasteiger charge is 2.15. The molecule has 0 aliphatic heterocycles. The highest BCUT2D eigenvalue weighted by Crippen LogP contribution is 2.07. The Morgan fingerprint density at radius 3 is 2.78 bits per heavy atom. The molecule has 1 heterocycles. The standard InChI is InChI=1S/C13H18N2O3/c1-4-18-12(16)7-9-15(3)13(17)11-6-5-8-14-10(11)2/h5-6,8H,4,7,9H2,1-3H3. The SMILES string of the molecule is CCOC(=O)CCN(C)C(=O)c1cccnc1C. The van der Waals surface area contributed by atoms with Gasteiger partial charge in [-0.05, 0) is 26.0 Å². The van der Waals surface area contributed by atoms with E-state index in [-0.39, 0.29) is 18.3 Å². The van der Waals surface area contributed by atoms with Crippen molar-refractivity contribution in [1.29, 1.82) is 0 Å². The van der Waals surface area contributed by atoms with Gasteiger partial charge >= 0.3 is 5.97 Å². The maximum atomic E-state index is 12.1. The van der Waals surface area contributed by atoms with Crippen LogP contribution in [-0.2, 0) is 9.53 Å². The van der Waals surface area contributed by atoms with Gasteiger partial charge in [0.05, 0.1) is 18.6 Å². The summed E-state index contributed by atoms with van der Waals surface area (Å²) in [5.41, 5.74) is 1.24. The van der Waals surface area contributed by atoms with Crippen molar-refractivity contribution in [3.05, 3.63) is 29.6 Å². The molecule has 0 aliphatic carbocycles. The van der Waals surface area contributed by atoms with Crippen LogP contribution in [0.25, 0.3) is 0 Å². The Balaban J connectivity index is 2.57. The monoisotopic (exact) mass is 250 g/mol. The van der Waals surface area contributed by atoms with Gasteiger partial charge in [-0.25, -0.2) is 0 Å². The summed E-state index contributed by atoms with van der Waals surface area (Å²) < 4.78 is 4.81. The molecule has 0 atom stereocenters. The lowest BCUT2D eigenvalue weighted by Gasteiger charge is -2.17. The molecule has 0 saturated carbocycles. The van der Waals surface area contributed by atoms with Gasteiger partial charge in [0, 0.05) is 25.5 Å². The minimum Gasteiger partial charge on any atom is -0.466 e. The summed E-state index contributed by atoms with van der Waals surface area (Å²) in [4.78, 5) is 28.8. The molecule has 0 bridgehead atoms. The van der Waals surface area contributed by atoms with E-state index in [0.717, 1.165) is 0 Å². The third-order valence-corrected chi connectivity index (χ3v) is 2.54. The van der Waals surface area contributed by atoms with Crippen molar-refractivity contribution in [3.63, 3.8) is 0 Å². The van der Waals surface area contributed by atoms with E-state index in [1.54, 1.807) is 39.2 Å². The molecule has 18 heavy (non-hydrogen) atoms. The van der Waals surface area contributed by atoms with Crippen LogP contribution in [0.15, 0.2) is 18.3 Å². The van der Waals surface area contributed by atoms with Gasteiger partial charge in [0.25, 0.3) is 5.91 Å². The second-order valence-corrected chi connectivity index (χ2v) is 3.92. The highest BCUT2D eigenvalue weighted by molar-refractivity contribution is 5.95. The Morgan fingerprint density at radius 1 is 1.44 bits per heavy atom. The Bertz CT molecular complexity index is 432. The van der Waals surface area contributed by atoms with Crippen molar-refractivity contribution in [2.24, 2.45) is 0 Å². The largest absolute Gasteiger partial charge is 0.466 e. The first-order chi connectivity index (χ1) is 8.56. The Kier molecular flexibility index (Phi) is 5.30. The van der Waals surface area contributed by atoms with Crippen LogP contribution in [0.2, 0.25) is 0 Å². The van der Waals surface area contributed by atoms with Crippen molar-refractivity contribution in [2.75, 3.05) is 20.2 Å². The number of esters is 1. The van der Waals surface area contributed by atoms with Gasteiger partial charge in [0.1, 0.15) is 0 Å². The van der Waals surface area contributed by atoms with Gasteiger partial charge < -0.3 is 9.64 Å². The molecule has 5 nitrogen and oxygen atoms in total. The zero-order chi connectivity index (χ0) is 13.5. The van der Waals surface area contributed by atoms with E-state index in [4.69, 9.17) is 4.74 Å². The van der Waals surface area contributed by atoms with Gasteiger partial charge in [0.15, 0.2) is 0 Å². The minimum absolute atomic E-state index is 0.134. The fourth-order valence-electron chi connectivity index (χ4n) is 1.51. The lowest BCUT2D eigenvalue weighted by atomic mass is 10.2. The van der Waals surface area contributed by atoms with E-state index in [2.05, 4.69) is 4.98 Å². The molecule has 0 fully saturated rings. The quantitative estimate of drug-likeness (QED) is 0.741. The predicted molar refractivity (Wildman–Crippen MR) is 67.2 cm³/mol. The predicted octanol–water partition coefficient (Wildman–Crippen LogP) is 1.42. The summed E-state index contributed by atoms with van der Waals surface area (Å²) >= 11 is 0. The normalized spacial score (nSPS) is 9.94. The van der Waals surface area contributed by atoms with Crippen LogP contribution in [0.4, 0.5) is 0 Å². The van der Waals surface area contributed by atoms with Crippen LogP contribution in [-0.4, -0.2) is 42.0 Å². The first-order valence-corrected chi connectivity index (χ1v) is 5.89. The Hall–Kier alpha value is -1.91. The van der Waals surface area contributed by atoms with Crippen LogP contribution < -0.4 is 0 Å². The molecule has 0 saturated heterocycles. The van der Waals surface area contributed by atoms with E-state index in [1.165, 1.54) is 4.90 Å². The summed E-state index contributed by atoms with van der Waals surface area (Å²) in [7, 11) is 1.66. The summed E-state index contributed by atoms with van der Waals surface area (Å²) in [5, 5.41) is 0. The number of aromatic nitrogens is 1. The molecule has 1 amide bonds. The summed E-state index contributed by atoms with van der Waals surface area (Å²) in [6.07, 6.45) is 1.85. The number of aryl methyl sites for hydroxylation is 1. The topological polar surface area (TPSA) is 59.5 Å². The number of carbonyl (C=O) groups excluding carboxylic acids is 2. The van der Waals surface area contributed by atoms with Crippen molar-refractivity contribution in [1.82, 2.24) is 9.88 Å². The summed E-state index contributed by atoms with van der Waals surface area (Å²) in [6, 6.07) is 3.45. The van der Waals surface area contributed by atoms with Crippen LogP contribution >= 0.6 is 0 Å². The lowest BCUT2D eigenvalue weighted by molar-refractivity contribution is -0.143. The number of hydrogen-bond acceptors (Lipinski definition) is 4. The molecule has 0 spiro atoms. The molecule has 1 rings (SSSR count). The first-order valence-electron chi connectivity index (χ1n) is 5.89. The number of ether oxygens (including phenoxy) is 1. The number of carbonyl (C=O) groups is 2. The molecule has 0 radical (unpaired) electrons. The Morgan fingerprint density at radius 2 is 2.17 bits per heavy atom. The zero-order valence-corrected chi connectivity index (χ0v) is 11.0. The van der Waals surface area contributed by atoms with Crippen LogP contribution in [0.3, 0.4) is 0 Å². The van der Waals surface area contributed by atoms with Gasteiger partial charge in [-0.1, -0.05) is 0 Å². The summed E-state index contributed by atoms with van der Waals surface area (Å²) in [6.45, 7) is 4.24. The average Bonchev–Trinajstić information content (AvgIpc) is 2.36. The van der Waals surface area contributed by atoms with Crippen LogP contribution in [0.1, 0.15) is 29.4 Å². The number of nitrogens with zero attached hydrogens (tertiary/aromatic N) is 2. The number of amides is 1. The number of pyridine rings is 1. The van der Waals surface area contributed by atoms with Gasteiger partial charge in [-0.2, -0.15) is 0 Å². The zero-order valence-electron chi connectivity index (χ0n) is 11.0. The number of rotatable bonds is 5. The highest BCUT2D eigenvalue weighted by atomic mass is 16.5. The van der Waals surface area contributed by atoms with Crippen molar-refractivity contribution in [3.8, 4) is 0 Å². The third kappa shape index (κ3) is 3.84. The lowest BCUT2D eigenvalue weighted by Crippen LogP contribution is -2.30. The van der Waals surface area contributed by atoms with Gasteiger partial charge in [0.2, 0.25) is 0 Å². The van der Waals surface area contributed by atoms with E-state index in [1.807, 2.05) is 0 Å². The molecule has 5 heteroatoms. The smallest absolute Gasteiger partial charge is 0.307 e. The maximum Gasteiger partial charge on any atom is 0.307 e. The van der Waals surface area contributed by atoms with E-state index in [0.29, 0.717) is 24.4 Å². The second-order valence-electron chi connectivity index (χ2n) is 3.92. The molecular weight excluding hydrogens is 232 g/mol. The van der Waals surface area contributed by atoms with E-state index in [9.17, 15) is 9.59 Å². The van der Waals surface area contributed by atoms with Crippen molar-refractivity contribution >= 4 is 11.9 Å². The molecule has 0 N–H and O–H groups in total. The molecule has 0 unspecified atom stereocenters. The molecule has 1 aromatic rings. The maximum absolute atomic E-state index is 12.1. The third-order valence-electron chi connectivity index (χ3n) is 2.54. The Labute approximate surface area is 107 Å². The molecular formula is C13H18N2O3. The molecule has 0 aliphatic rings. The second kappa shape index (κ2) is 6.74. The van der Waals surface area contributed by atoms with Crippen molar-refractivity contribution in [2.45, 2.75) is 20.3 Å². The number of hydrogen-bond donors (Lipinski definition) is 0. The van der Waals surface area contributed by atoms with Crippen LogP contribution in [0, 0.1) is 6.92 Å². The first kappa shape index (κ1) is 14.2. The van der Waals surface area contributed by atoms with E-state index >= 15 is 0 Å². The fraction of sp³-hybridized carbons (Fsp3) is 0.462. The van der Waals surface area contributed by atoms with Gasteiger partial charge in [-0.3, -0.25) is 14.6 Å². The van der Waals surface area contributed by atoms with E-state index < -0.39 is 0 Å². The fourth-order valence-corrected chi connectivity index (χ4v) is 1.51. The minimum atomic E-state index is -0.292. The van der Waals surface area contributed by atoms with Crippen LogP contribution in [0.5, 0.6) is 0 Å².